The largest absolute Gasteiger partial charge is 0.380 e. The maximum absolute atomic E-state index is 5.44. The Kier molecular flexibility index (Phi) is 5.32. The molecule has 0 aromatic heterocycles. The number of piperidine rings is 2. The van der Waals surface area contributed by atoms with E-state index in [-0.39, 0.29) is 0 Å². The molecule has 3 rings (SSSR count). The second-order valence-electron chi connectivity index (χ2n) is 6.83. The topological polar surface area (TPSA) is 27.7 Å². The first kappa shape index (κ1) is 14.8. The molecule has 4 nitrogen and oxygen atoms in total. The van der Waals surface area contributed by atoms with Crippen LogP contribution in [0, 0.1) is 0 Å². The molecule has 2 unspecified atom stereocenters. The van der Waals surface area contributed by atoms with Crippen LogP contribution in [0.3, 0.4) is 0 Å². The highest BCUT2D eigenvalue weighted by Crippen LogP contribution is 2.21. The van der Waals surface area contributed by atoms with E-state index in [9.17, 15) is 0 Å². The minimum Gasteiger partial charge on any atom is -0.380 e. The zero-order chi connectivity index (χ0) is 13.8. The maximum Gasteiger partial charge on any atom is 0.0711 e. The van der Waals surface area contributed by atoms with Crippen LogP contribution in [0.2, 0.25) is 0 Å². The lowest BCUT2D eigenvalue weighted by Gasteiger charge is -2.40. The molecule has 4 heteroatoms. The lowest BCUT2D eigenvalue weighted by atomic mass is 9.99. The van der Waals surface area contributed by atoms with E-state index in [4.69, 9.17) is 4.74 Å². The zero-order valence-electron chi connectivity index (χ0n) is 13.0. The number of methoxy groups -OCH3 is 1. The van der Waals surface area contributed by atoms with Crippen molar-refractivity contribution in [3.63, 3.8) is 0 Å². The van der Waals surface area contributed by atoms with Crippen molar-refractivity contribution >= 4 is 0 Å². The molecule has 0 amide bonds. The summed E-state index contributed by atoms with van der Waals surface area (Å²) in [4.78, 5) is 5.42. The normalized spacial score (nSPS) is 34.6. The number of likely N-dealkylation sites (tertiary alicyclic amines) is 2. The number of hydrogen-bond acceptors (Lipinski definition) is 4. The van der Waals surface area contributed by atoms with Crippen LogP contribution in [0.5, 0.6) is 0 Å². The standard InChI is InChI=1S/C16H31N3O/c1-20-16-11-14(17-12-16)13-18-9-5-15(6-10-18)19-7-3-2-4-8-19/h14-17H,2-13H2,1H3. The van der Waals surface area contributed by atoms with Gasteiger partial charge in [0, 0.05) is 32.3 Å². The van der Waals surface area contributed by atoms with Gasteiger partial charge >= 0.3 is 0 Å². The molecule has 3 heterocycles. The molecule has 3 saturated heterocycles. The van der Waals surface area contributed by atoms with Crippen LogP contribution >= 0.6 is 0 Å². The van der Waals surface area contributed by atoms with Crippen molar-refractivity contribution in [2.75, 3.05) is 46.4 Å². The summed E-state index contributed by atoms with van der Waals surface area (Å²) < 4.78 is 5.44. The van der Waals surface area contributed by atoms with Gasteiger partial charge in [-0.3, -0.25) is 0 Å². The molecule has 0 aromatic rings. The minimum atomic E-state index is 0.436. The van der Waals surface area contributed by atoms with Gasteiger partial charge in [-0.05, 0) is 58.3 Å². The van der Waals surface area contributed by atoms with Crippen LogP contribution < -0.4 is 5.32 Å². The summed E-state index contributed by atoms with van der Waals surface area (Å²) in [7, 11) is 1.83. The number of rotatable bonds is 4. The van der Waals surface area contributed by atoms with E-state index in [1.54, 1.807) is 0 Å². The van der Waals surface area contributed by atoms with Gasteiger partial charge in [0.2, 0.25) is 0 Å². The molecule has 20 heavy (non-hydrogen) atoms. The van der Waals surface area contributed by atoms with Crippen LogP contribution in [0.25, 0.3) is 0 Å². The molecule has 2 atom stereocenters. The number of ether oxygens (including phenoxy) is 1. The minimum absolute atomic E-state index is 0.436. The number of nitrogens with one attached hydrogen (secondary N) is 1. The van der Waals surface area contributed by atoms with Crippen molar-refractivity contribution in [1.29, 1.82) is 0 Å². The summed E-state index contributed by atoms with van der Waals surface area (Å²) in [6.07, 6.45) is 8.66. The van der Waals surface area contributed by atoms with Gasteiger partial charge in [0.05, 0.1) is 6.10 Å². The lowest BCUT2D eigenvalue weighted by Crippen LogP contribution is -2.48. The molecular formula is C16H31N3O. The van der Waals surface area contributed by atoms with E-state index in [0.29, 0.717) is 12.1 Å². The van der Waals surface area contributed by atoms with Crippen LogP contribution in [0.15, 0.2) is 0 Å². The van der Waals surface area contributed by atoms with Crippen molar-refractivity contribution in [2.45, 2.75) is 56.7 Å². The summed E-state index contributed by atoms with van der Waals surface area (Å²) in [5.41, 5.74) is 0. The van der Waals surface area contributed by atoms with Crippen molar-refractivity contribution in [3.05, 3.63) is 0 Å². The highest BCUT2D eigenvalue weighted by molar-refractivity contribution is 4.87. The molecule has 3 aliphatic heterocycles. The Morgan fingerprint density at radius 3 is 2.45 bits per heavy atom. The average Bonchev–Trinajstić information content (AvgIpc) is 2.97. The molecule has 0 saturated carbocycles. The molecule has 0 radical (unpaired) electrons. The number of nitrogens with zero attached hydrogens (tertiary/aromatic N) is 2. The Morgan fingerprint density at radius 1 is 1.05 bits per heavy atom. The lowest BCUT2D eigenvalue weighted by molar-refractivity contribution is 0.0861. The van der Waals surface area contributed by atoms with Crippen molar-refractivity contribution < 1.29 is 4.74 Å². The third kappa shape index (κ3) is 3.73. The van der Waals surface area contributed by atoms with E-state index < -0.39 is 0 Å². The molecule has 0 spiro atoms. The van der Waals surface area contributed by atoms with Crippen molar-refractivity contribution in [2.24, 2.45) is 0 Å². The van der Waals surface area contributed by atoms with E-state index in [0.717, 1.165) is 12.6 Å². The van der Waals surface area contributed by atoms with E-state index in [1.165, 1.54) is 71.2 Å². The Bertz CT molecular complexity index is 285. The fourth-order valence-corrected chi connectivity index (χ4v) is 4.16. The van der Waals surface area contributed by atoms with Crippen LogP contribution in [0.4, 0.5) is 0 Å². The van der Waals surface area contributed by atoms with Crippen LogP contribution in [0.1, 0.15) is 38.5 Å². The Balaban J connectivity index is 1.38. The van der Waals surface area contributed by atoms with Gasteiger partial charge in [0.15, 0.2) is 0 Å². The first-order valence-corrected chi connectivity index (χ1v) is 8.58. The fourth-order valence-electron chi connectivity index (χ4n) is 4.16. The number of hydrogen-bond donors (Lipinski definition) is 1. The predicted molar refractivity (Wildman–Crippen MR) is 82.1 cm³/mol. The molecular weight excluding hydrogens is 250 g/mol. The van der Waals surface area contributed by atoms with Gasteiger partial charge in [0.25, 0.3) is 0 Å². The second kappa shape index (κ2) is 7.21. The third-order valence-electron chi connectivity index (χ3n) is 5.46. The van der Waals surface area contributed by atoms with Gasteiger partial charge in [-0.15, -0.1) is 0 Å². The maximum atomic E-state index is 5.44. The van der Waals surface area contributed by atoms with E-state index in [1.807, 2.05) is 7.11 Å². The summed E-state index contributed by atoms with van der Waals surface area (Å²) in [5.74, 6) is 0. The molecule has 0 bridgehead atoms. The average molecular weight is 281 g/mol. The molecule has 0 aliphatic carbocycles. The van der Waals surface area contributed by atoms with Crippen molar-refractivity contribution in [3.8, 4) is 0 Å². The summed E-state index contributed by atoms with van der Waals surface area (Å²) in [5, 5.41) is 3.60. The third-order valence-corrected chi connectivity index (χ3v) is 5.46. The molecule has 3 aliphatic rings. The van der Waals surface area contributed by atoms with Crippen LogP contribution in [-0.4, -0.2) is 74.4 Å². The first-order chi connectivity index (χ1) is 9.85. The SMILES string of the molecule is COC1CNC(CN2CCC(N3CCCCC3)CC2)C1. The van der Waals surface area contributed by atoms with Gasteiger partial charge in [-0.1, -0.05) is 6.42 Å². The summed E-state index contributed by atoms with van der Waals surface area (Å²) in [6, 6.07) is 1.52. The van der Waals surface area contributed by atoms with Gasteiger partial charge in [-0.25, -0.2) is 0 Å². The molecule has 116 valence electrons. The summed E-state index contributed by atoms with van der Waals surface area (Å²) in [6.45, 7) is 7.53. The van der Waals surface area contributed by atoms with E-state index in [2.05, 4.69) is 15.1 Å². The highest BCUT2D eigenvalue weighted by atomic mass is 16.5. The fraction of sp³-hybridized carbons (Fsp3) is 1.00. The highest BCUT2D eigenvalue weighted by Gasteiger charge is 2.29. The Hall–Kier alpha value is -0.160. The van der Waals surface area contributed by atoms with Gasteiger partial charge in [0.1, 0.15) is 0 Å². The molecule has 1 N–H and O–H groups in total. The monoisotopic (exact) mass is 281 g/mol. The van der Waals surface area contributed by atoms with Crippen LogP contribution in [-0.2, 0) is 4.74 Å². The Labute approximate surface area is 123 Å². The Morgan fingerprint density at radius 2 is 1.80 bits per heavy atom. The van der Waals surface area contributed by atoms with Gasteiger partial charge < -0.3 is 19.9 Å². The van der Waals surface area contributed by atoms with E-state index >= 15 is 0 Å². The zero-order valence-corrected chi connectivity index (χ0v) is 13.0. The van der Waals surface area contributed by atoms with Gasteiger partial charge in [-0.2, -0.15) is 0 Å². The summed E-state index contributed by atoms with van der Waals surface area (Å²) >= 11 is 0. The molecule has 0 aromatic carbocycles. The quantitative estimate of drug-likeness (QED) is 0.841. The smallest absolute Gasteiger partial charge is 0.0711 e. The second-order valence-corrected chi connectivity index (χ2v) is 6.83. The molecule has 3 fully saturated rings. The first-order valence-electron chi connectivity index (χ1n) is 8.58. The van der Waals surface area contributed by atoms with Crippen molar-refractivity contribution in [1.82, 2.24) is 15.1 Å². The predicted octanol–water partition coefficient (Wildman–Crippen LogP) is 1.31.